The van der Waals surface area contributed by atoms with Gasteiger partial charge in [0.2, 0.25) is 5.91 Å². The lowest BCUT2D eigenvalue weighted by Crippen LogP contribution is -2.44. The topological polar surface area (TPSA) is 85.4 Å². The molecule has 1 saturated heterocycles. The van der Waals surface area contributed by atoms with Crippen LogP contribution in [0.5, 0.6) is 0 Å². The zero-order valence-corrected chi connectivity index (χ0v) is 19.5. The number of nitrogen functional groups attached to an aromatic ring is 1. The molecule has 0 radical (unpaired) electrons. The van der Waals surface area contributed by atoms with E-state index in [0.717, 1.165) is 56.0 Å². The zero-order valence-electron chi connectivity index (χ0n) is 19.5. The Morgan fingerprint density at radius 1 is 1.12 bits per heavy atom. The van der Waals surface area contributed by atoms with E-state index in [1.54, 1.807) is 6.08 Å². The molecule has 0 spiro atoms. The standard InChI is InChI=1S/C27H35N5O/c1-31-13-15-32(16-14-31)26-19-24(29)22(23(28)12-11-20-7-3-2-4-8-20)18-25(26)30-27(33)17-21-9-5-6-10-21/h2-4,7-8,11-12,18-19,21,28H,5-6,9-10,13-17,29H2,1H3,(H,30,33)/b12-11+,28-23?. The molecule has 1 saturated carbocycles. The van der Waals surface area contributed by atoms with Crippen molar-refractivity contribution >= 4 is 34.8 Å². The molecule has 2 aliphatic rings. The fourth-order valence-corrected chi connectivity index (χ4v) is 4.76. The number of benzene rings is 2. The Balaban J connectivity index is 1.59. The number of allylic oxidation sites excluding steroid dienone is 1. The summed E-state index contributed by atoms with van der Waals surface area (Å²) in [6, 6.07) is 13.7. The number of carbonyl (C=O) groups excluding carboxylic acids is 1. The summed E-state index contributed by atoms with van der Waals surface area (Å²) in [6.07, 6.45) is 8.96. The molecule has 0 bridgehead atoms. The predicted molar refractivity (Wildman–Crippen MR) is 138 cm³/mol. The van der Waals surface area contributed by atoms with Crippen LogP contribution >= 0.6 is 0 Å². The number of piperazine rings is 1. The molecule has 1 aliphatic carbocycles. The molecule has 1 heterocycles. The van der Waals surface area contributed by atoms with Gasteiger partial charge in [0.1, 0.15) is 0 Å². The van der Waals surface area contributed by atoms with E-state index in [2.05, 4.69) is 22.2 Å². The highest BCUT2D eigenvalue weighted by atomic mass is 16.1. The summed E-state index contributed by atoms with van der Waals surface area (Å²) in [6.45, 7) is 3.69. The predicted octanol–water partition coefficient (Wildman–Crippen LogP) is 4.62. The SMILES string of the molecule is CN1CCN(c2cc(N)c(C(=N)/C=C/c3ccccc3)cc2NC(=O)CC2CCCC2)CC1. The fraction of sp³-hybridized carbons (Fsp3) is 0.407. The van der Waals surface area contributed by atoms with Crippen LogP contribution in [0.2, 0.25) is 0 Å². The van der Waals surface area contributed by atoms with Crippen molar-refractivity contribution in [2.24, 2.45) is 5.92 Å². The van der Waals surface area contributed by atoms with Gasteiger partial charge in [0, 0.05) is 43.9 Å². The van der Waals surface area contributed by atoms with Gasteiger partial charge >= 0.3 is 0 Å². The average molecular weight is 446 g/mol. The van der Waals surface area contributed by atoms with Crippen molar-refractivity contribution in [3.63, 3.8) is 0 Å². The summed E-state index contributed by atoms with van der Waals surface area (Å²) in [5.74, 6) is 0.539. The number of carbonyl (C=O) groups is 1. The van der Waals surface area contributed by atoms with Gasteiger partial charge < -0.3 is 26.3 Å². The number of rotatable bonds is 7. The molecule has 0 unspecified atom stereocenters. The molecule has 33 heavy (non-hydrogen) atoms. The van der Waals surface area contributed by atoms with Crippen molar-refractivity contribution in [3.8, 4) is 0 Å². The highest BCUT2D eigenvalue weighted by molar-refractivity contribution is 6.13. The number of hydrogen-bond donors (Lipinski definition) is 3. The lowest BCUT2D eigenvalue weighted by Gasteiger charge is -2.35. The van der Waals surface area contributed by atoms with Crippen LogP contribution in [-0.2, 0) is 4.79 Å². The van der Waals surface area contributed by atoms with Gasteiger partial charge in [-0.05, 0) is 49.6 Å². The highest BCUT2D eigenvalue weighted by Gasteiger charge is 2.23. The summed E-state index contributed by atoms with van der Waals surface area (Å²) in [4.78, 5) is 17.5. The smallest absolute Gasteiger partial charge is 0.224 e. The van der Waals surface area contributed by atoms with E-state index in [1.807, 2.05) is 48.5 Å². The Labute approximate surface area is 197 Å². The third-order valence-electron chi connectivity index (χ3n) is 6.77. The number of amides is 1. The van der Waals surface area contributed by atoms with Gasteiger partial charge in [-0.25, -0.2) is 0 Å². The van der Waals surface area contributed by atoms with E-state index in [9.17, 15) is 4.79 Å². The molecule has 6 nitrogen and oxygen atoms in total. The highest BCUT2D eigenvalue weighted by Crippen LogP contribution is 2.34. The van der Waals surface area contributed by atoms with Gasteiger partial charge in [0.05, 0.1) is 17.1 Å². The Bertz CT molecular complexity index is 1000. The molecular formula is C27H35N5O. The molecule has 0 atom stereocenters. The van der Waals surface area contributed by atoms with Crippen molar-refractivity contribution < 1.29 is 4.79 Å². The Hall–Kier alpha value is -3.12. The van der Waals surface area contributed by atoms with Gasteiger partial charge in [-0.1, -0.05) is 49.2 Å². The first kappa shape index (κ1) is 23.1. The van der Waals surface area contributed by atoms with Crippen molar-refractivity contribution in [2.75, 3.05) is 49.2 Å². The van der Waals surface area contributed by atoms with Crippen LogP contribution in [0.25, 0.3) is 6.08 Å². The number of hydrogen-bond acceptors (Lipinski definition) is 5. The lowest BCUT2D eigenvalue weighted by molar-refractivity contribution is -0.117. The quantitative estimate of drug-likeness (QED) is 0.429. The Morgan fingerprint density at radius 2 is 1.82 bits per heavy atom. The Kier molecular flexibility index (Phi) is 7.45. The van der Waals surface area contributed by atoms with Crippen molar-refractivity contribution in [1.29, 1.82) is 5.41 Å². The number of nitrogens with two attached hydrogens (primary N) is 1. The van der Waals surface area contributed by atoms with Crippen molar-refractivity contribution in [1.82, 2.24) is 4.90 Å². The van der Waals surface area contributed by atoms with Crippen molar-refractivity contribution in [2.45, 2.75) is 32.1 Å². The summed E-state index contributed by atoms with van der Waals surface area (Å²) in [7, 11) is 2.12. The van der Waals surface area contributed by atoms with Crippen LogP contribution in [0.3, 0.4) is 0 Å². The molecule has 0 aromatic heterocycles. The van der Waals surface area contributed by atoms with Gasteiger partial charge in [-0.2, -0.15) is 0 Å². The minimum absolute atomic E-state index is 0.0550. The second kappa shape index (κ2) is 10.7. The van der Waals surface area contributed by atoms with E-state index in [0.29, 0.717) is 29.3 Å². The number of likely N-dealkylation sites (N-methyl/N-ethyl adjacent to an activating group) is 1. The normalized spacial score (nSPS) is 17.5. The molecule has 1 aliphatic heterocycles. The summed E-state index contributed by atoms with van der Waals surface area (Å²) >= 11 is 0. The first-order valence-electron chi connectivity index (χ1n) is 12.0. The first-order valence-corrected chi connectivity index (χ1v) is 12.0. The van der Waals surface area contributed by atoms with Crippen LogP contribution in [-0.4, -0.2) is 49.7 Å². The third-order valence-corrected chi connectivity index (χ3v) is 6.77. The monoisotopic (exact) mass is 445 g/mol. The van der Waals surface area contributed by atoms with Crippen LogP contribution < -0.4 is 16.0 Å². The van der Waals surface area contributed by atoms with Gasteiger partial charge in [0.15, 0.2) is 0 Å². The van der Waals surface area contributed by atoms with E-state index >= 15 is 0 Å². The van der Waals surface area contributed by atoms with Crippen molar-refractivity contribution in [3.05, 3.63) is 59.7 Å². The van der Waals surface area contributed by atoms with Crippen LogP contribution in [0.1, 0.15) is 43.2 Å². The number of nitrogens with one attached hydrogen (secondary N) is 2. The molecule has 2 fully saturated rings. The Morgan fingerprint density at radius 3 is 2.52 bits per heavy atom. The maximum Gasteiger partial charge on any atom is 0.224 e. The summed E-state index contributed by atoms with van der Waals surface area (Å²) < 4.78 is 0. The molecule has 4 rings (SSSR count). The lowest BCUT2D eigenvalue weighted by atomic mass is 10.0. The molecule has 6 heteroatoms. The van der Waals surface area contributed by atoms with Crippen LogP contribution in [0, 0.1) is 11.3 Å². The van der Waals surface area contributed by atoms with Gasteiger partial charge in [-0.3, -0.25) is 4.79 Å². The molecule has 174 valence electrons. The van der Waals surface area contributed by atoms with Gasteiger partial charge in [-0.15, -0.1) is 0 Å². The van der Waals surface area contributed by atoms with Crippen LogP contribution in [0.15, 0.2) is 48.5 Å². The fourth-order valence-electron chi connectivity index (χ4n) is 4.76. The minimum atomic E-state index is 0.0550. The molecular weight excluding hydrogens is 410 g/mol. The van der Waals surface area contributed by atoms with E-state index in [1.165, 1.54) is 12.8 Å². The summed E-state index contributed by atoms with van der Waals surface area (Å²) in [5.41, 5.74) is 10.7. The maximum absolute atomic E-state index is 12.9. The zero-order chi connectivity index (χ0) is 23.2. The van der Waals surface area contributed by atoms with Gasteiger partial charge in [0.25, 0.3) is 0 Å². The second-order valence-corrected chi connectivity index (χ2v) is 9.31. The minimum Gasteiger partial charge on any atom is -0.398 e. The molecule has 2 aromatic rings. The molecule has 2 aromatic carbocycles. The molecule has 4 N–H and O–H groups in total. The average Bonchev–Trinajstić information content (AvgIpc) is 3.32. The van der Waals surface area contributed by atoms with E-state index in [-0.39, 0.29) is 5.91 Å². The number of nitrogens with zero attached hydrogens (tertiary/aromatic N) is 2. The second-order valence-electron chi connectivity index (χ2n) is 9.31. The maximum atomic E-state index is 12.9. The molecule has 1 amide bonds. The van der Waals surface area contributed by atoms with E-state index < -0.39 is 0 Å². The largest absolute Gasteiger partial charge is 0.398 e. The number of anilines is 3. The van der Waals surface area contributed by atoms with E-state index in [4.69, 9.17) is 11.1 Å². The summed E-state index contributed by atoms with van der Waals surface area (Å²) in [5, 5.41) is 11.8. The third kappa shape index (κ3) is 6.02. The first-order chi connectivity index (χ1) is 16.0. The van der Waals surface area contributed by atoms with Crippen LogP contribution in [0.4, 0.5) is 17.1 Å².